The summed E-state index contributed by atoms with van der Waals surface area (Å²) >= 11 is 0. The number of hydrogen-bond acceptors (Lipinski definition) is 4. The van der Waals surface area contributed by atoms with Crippen LogP contribution in [-0.2, 0) is 0 Å². The van der Waals surface area contributed by atoms with Gasteiger partial charge in [0, 0.05) is 6.07 Å². The van der Waals surface area contributed by atoms with Crippen LogP contribution >= 0.6 is 0 Å². The summed E-state index contributed by atoms with van der Waals surface area (Å²) in [5, 5.41) is 6.97. The van der Waals surface area contributed by atoms with Gasteiger partial charge in [0.05, 0.1) is 11.9 Å². The highest BCUT2D eigenvalue weighted by molar-refractivity contribution is 5.42. The molecule has 0 amide bonds. The predicted molar refractivity (Wildman–Crippen MR) is 30.9 cm³/mol. The van der Waals surface area contributed by atoms with Crippen LogP contribution in [0.25, 0.3) is 0 Å². The van der Waals surface area contributed by atoms with Gasteiger partial charge in [0.25, 0.3) is 0 Å². The average molecular weight is 110 g/mol. The summed E-state index contributed by atoms with van der Waals surface area (Å²) < 4.78 is 0. The van der Waals surface area contributed by atoms with Gasteiger partial charge in [0.15, 0.2) is 0 Å². The van der Waals surface area contributed by atoms with Crippen molar-refractivity contribution in [1.82, 2.24) is 10.2 Å². The molecule has 0 saturated carbocycles. The minimum absolute atomic E-state index is 0.352. The van der Waals surface area contributed by atoms with Crippen molar-refractivity contribution in [2.75, 3.05) is 11.5 Å². The van der Waals surface area contributed by atoms with Crippen LogP contribution in [0.15, 0.2) is 12.3 Å². The van der Waals surface area contributed by atoms with Gasteiger partial charge in [-0.2, -0.15) is 5.10 Å². The maximum Gasteiger partial charge on any atom is 0.148 e. The van der Waals surface area contributed by atoms with Crippen molar-refractivity contribution in [3.05, 3.63) is 12.3 Å². The van der Waals surface area contributed by atoms with Gasteiger partial charge in [-0.15, -0.1) is 5.10 Å². The van der Waals surface area contributed by atoms with E-state index >= 15 is 0 Å². The summed E-state index contributed by atoms with van der Waals surface area (Å²) in [7, 11) is 0. The predicted octanol–water partition coefficient (Wildman–Crippen LogP) is -0.359. The van der Waals surface area contributed by atoms with Crippen molar-refractivity contribution in [3.63, 3.8) is 0 Å². The summed E-state index contributed by atoms with van der Waals surface area (Å²) in [4.78, 5) is 0. The lowest BCUT2D eigenvalue weighted by atomic mass is 10.5. The van der Waals surface area contributed by atoms with E-state index in [0.29, 0.717) is 11.5 Å². The van der Waals surface area contributed by atoms with Crippen LogP contribution < -0.4 is 11.5 Å². The van der Waals surface area contributed by atoms with E-state index in [1.54, 1.807) is 6.07 Å². The lowest BCUT2D eigenvalue weighted by molar-refractivity contribution is 1.05. The number of aromatic nitrogens is 2. The Labute approximate surface area is 46.5 Å². The molecule has 1 aromatic rings. The maximum atomic E-state index is 5.28. The van der Waals surface area contributed by atoms with Gasteiger partial charge in [-0.1, -0.05) is 0 Å². The third-order valence-electron chi connectivity index (χ3n) is 0.695. The Morgan fingerprint density at radius 1 is 1.38 bits per heavy atom. The summed E-state index contributed by atoms with van der Waals surface area (Å²) in [6.07, 6.45) is 1.44. The highest BCUT2D eigenvalue weighted by Gasteiger charge is 1.84. The van der Waals surface area contributed by atoms with E-state index < -0.39 is 0 Å². The minimum Gasteiger partial charge on any atom is -0.397 e. The maximum absolute atomic E-state index is 5.28. The summed E-state index contributed by atoms with van der Waals surface area (Å²) in [6, 6.07) is 1.55. The van der Waals surface area contributed by atoms with Crippen LogP contribution in [0.4, 0.5) is 11.5 Å². The molecule has 4 nitrogen and oxygen atoms in total. The van der Waals surface area contributed by atoms with Gasteiger partial charge in [0.2, 0.25) is 0 Å². The fraction of sp³-hybridized carbons (Fsp3) is 0. The molecule has 0 aliphatic carbocycles. The van der Waals surface area contributed by atoms with E-state index in [9.17, 15) is 0 Å². The van der Waals surface area contributed by atoms with E-state index in [-0.39, 0.29) is 0 Å². The number of nitrogens with zero attached hydrogens (tertiary/aromatic N) is 2. The summed E-state index contributed by atoms with van der Waals surface area (Å²) in [5.41, 5.74) is 11.0. The monoisotopic (exact) mass is 110 g/mol. The number of rotatable bonds is 0. The normalized spacial score (nSPS) is 9.00. The highest BCUT2D eigenvalue weighted by Crippen LogP contribution is 1.99. The smallest absolute Gasteiger partial charge is 0.148 e. The first-order valence-corrected chi connectivity index (χ1v) is 2.13. The third-order valence-corrected chi connectivity index (χ3v) is 0.695. The highest BCUT2D eigenvalue weighted by atomic mass is 15.1. The molecule has 4 N–H and O–H groups in total. The Hall–Kier alpha value is -1.32. The summed E-state index contributed by atoms with van der Waals surface area (Å²) in [6.45, 7) is 0. The first-order chi connectivity index (χ1) is 3.79. The molecule has 4 heteroatoms. The molecule has 0 saturated heterocycles. The van der Waals surface area contributed by atoms with Crippen molar-refractivity contribution < 1.29 is 0 Å². The van der Waals surface area contributed by atoms with Crippen molar-refractivity contribution in [1.29, 1.82) is 0 Å². The van der Waals surface area contributed by atoms with Crippen LogP contribution in [0.2, 0.25) is 0 Å². The van der Waals surface area contributed by atoms with Gasteiger partial charge < -0.3 is 11.5 Å². The van der Waals surface area contributed by atoms with Gasteiger partial charge in [-0.3, -0.25) is 0 Å². The van der Waals surface area contributed by atoms with Crippen molar-refractivity contribution in [2.24, 2.45) is 0 Å². The van der Waals surface area contributed by atoms with Gasteiger partial charge in [0.1, 0.15) is 5.82 Å². The molecule has 0 atom stereocenters. The van der Waals surface area contributed by atoms with Crippen LogP contribution in [0, 0.1) is 0 Å². The number of nitrogen functional groups attached to an aromatic ring is 2. The molecule has 0 unspecified atom stereocenters. The largest absolute Gasteiger partial charge is 0.397 e. The molecule has 0 bridgehead atoms. The molecule has 8 heavy (non-hydrogen) atoms. The van der Waals surface area contributed by atoms with E-state index in [1.165, 1.54) is 6.20 Å². The molecule has 0 radical (unpaired) electrons. The molecule has 1 rings (SSSR count). The zero-order valence-electron chi connectivity index (χ0n) is 4.20. The Bertz CT molecular complexity index is 168. The molecule has 0 aromatic carbocycles. The Morgan fingerprint density at radius 2 is 2.12 bits per heavy atom. The third kappa shape index (κ3) is 0.841. The number of anilines is 2. The van der Waals surface area contributed by atoms with Crippen LogP contribution in [0.5, 0.6) is 0 Å². The van der Waals surface area contributed by atoms with Crippen LogP contribution in [-0.4, -0.2) is 10.2 Å². The SMILES string of the molecule is Nc1cnnc(N)c1. The fourth-order valence-electron chi connectivity index (χ4n) is 0.399. The molecule has 42 valence electrons. The second kappa shape index (κ2) is 1.65. The van der Waals surface area contributed by atoms with Gasteiger partial charge >= 0.3 is 0 Å². The van der Waals surface area contributed by atoms with Crippen LogP contribution in [0.3, 0.4) is 0 Å². The lowest BCUT2D eigenvalue weighted by Crippen LogP contribution is -1.94. The Morgan fingerprint density at radius 3 is 2.50 bits per heavy atom. The Kier molecular flexibility index (Phi) is 0.997. The first-order valence-electron chi connectivity index (χ1n) is 2.13. The second-order valence-corrected chi connectivity index (χ2v) is 1.41. The van der Waals surface area contributed by atoms with Crippen LogP contribution in [0.1, 0.15) is 0 Å². The number of nitrogens with two attached hydrogens (primary N) is 2. The van der Waals surface area contributed by atoms with E-state index in [4.69, 9.17) is 11.5 Å². The van der Waals surface area contributed by atoms with Crippen molar-refractivity contribution in [3.8, 4) is 0 Å². The van der Waals surface area contributed by atoms with E-state index in [1.807, 2.05) is 0 Å². The average Bonchev–Trinajstić information content (AvgIpc) is 1.64. The van der Waals surface area contributed by atoms with Crippen molar-refractivity contribution >= 4 is 11.5 Å². The minimum atomic E-state index is 0.352. The Balaban J connectivity index is 3.08. The first kappa shape index (κ1) is 4.83. The van der Waals surface area contributed by atoms with E-state index in [0.717, 1.165) is 0 Å². The van der Waals surface area contributed by atoms with Gasteiger partial charge in [-0.05, 0) is 0 Å². The molecular formula is C4H6N4. The second-order valence-electron chi connectivity index (χ2n) is 1.41. The quantitative estimate of drug-likeness (QED) is 0.478. The topological polar surface area (TPSA) is 77.8 Å². The molecule has 0 aliphatic heterocycles. The number of hydrogen-bond donors (Lipinski definition) is 2. The van der Waals surface area contributed by atoms with Crippen molar-refractivity contribution in [2.45, 2.75) is 0 Å². The molecule has 0 spiro atoms. The fourth-order valence-corrected chi connectivity index (χ4v) is 0.399. The molecular weight excluding hydrogens is 104 g/mol. The molecule has 1 aromatic heterocycles. The zero-order valence-corrected chi connectivity index (χ0v) is 4.20. The van der Waals surface area contributed by atoms with E-state index in [2.05, 4.69) is 10.2 Å². The van der Waals surface area contributed by atoms with Gasteiger partial charge in [-0.25, -0.2) is 0 Å². The summed E-state index contributed by atoms with van der Waals surface area (Å²) in [5.74, 6) is 0.352. The molecule has 0 fully saturated rings. The lowest BCUT2D eigenvalue weighted by Gasteiger charge is -1.89. The standard InChI is InChI=1S/C4H6N4/c5-3-1-4(6)8-7-2-3/h1-2H,(H4,5,6,8). The molecule has 1 heterocycles. The molecule has 0 aliphatic rings. The zero-order chi connectivity index (χ0) is 5.98.